The van der Waals surface area contributed by atoms with Gasteiger partial charge in [-0.3, -0.25) is 4.99 Å². The first-order valence-electron chi connectivity index (χ1n) is 6.19. The summed E-state index contributed by atoms with van der Waals surface area (Å²) in [6.45, 7) is 12.0. The molecule has 0 saturated carbocycles. The van der Waals surface area contributed by atoms with Gasteiger partial charge in [0.15, 0.2) is 0 Å². The second kappa shape index (κ2) is 6.75. The van der Waals surface area contributed by atoms with Gasteiger partial charge in [0, 0.05) is 12.6 Å². The van der Waals surface area contributed by atoms with Crippen molar-refractivity contribution in [3.63, 3.8) is 0 Å². The van der Waals surface area contributed by atoms with E-state index >= 15 is 0 Å². The molecule has 0 aromatic heterocycles. The number of aryl methyl sites for hydroxylation is 2. The Labute approximate surface area is 110 Å². The van der Waals surface area contributed by atoms with E-state index in [4.69, 9.17) is 0 Å². The molecule has 1 nitrogen and oxygen atoms in total. The van der Waals surface area contributed by atoms with Crippen LogP contribution in [0, 0.1) is 6.92 Å². The van der Waals surface area contributed by atoms with Crippen LogP contribution in [-0.2, 0) is 6.42 Å². The van der Waals surface area contributed by atoms with Gasteiger partial charge in [-0.05, 0) is 24.5 Å². The highest BCUT2D eigenvalue weighted by Crippen LogP contribution is 2.17. The maximum Gasteiger partial charge on any atom is 0.0712 e. The molecule has 18 heavy (non-hydrogen) atoms. The molecule has 0 radical (unpaired) electrons. The minimum Gasteiger partial charge on any atom is -0.287 e. The average molecular weight is 239 g/mol. The first-order chi connectivity index (χ1) is 8.63. The monoisotopic (exact) mass is 239 g/mol. The lowest BCUT2D eigenvalue weighted by molar-refractivity contribution is 1.12. The third-order valence-electron chi connectivity index (χ3n) is 2.86. The lowest BCUT2D eigenvalue weighted by Gasteiger charge is -2.12. The van der Waals surface area contributed by atoms with Gasteiger partial charge < -0.3 is 0 Å². The van der Waals surface area contributed by atoms with Gasteiger partial charge in [-0.1, -0.05) is 62.1 Å². The van der Waals surface area contributed by atoms with Crippen molar-refractivity contribution >= 4 is 5.71 Å². The summed E-state index contributed by atoms with van der Waals surface area (Å²) in [5, 5.41) is 0. The van der Waals surface area contributed by atoms with Crippen molar-refractivity contribution in [1.29, 1.82) is 0 Å². The van der Waals surface area contributed by atoms with E-state index in [1.165, 1.54) is 16.7 Å². The van der Waals surface area contributed by atoms with Crippen LogP contribution in [0.5, 0.6) is 0 Å². The van der Waals surface area contributed by atoms with Crippen LogP contribution in [0.25, 0.3) is 0 Å². The van der Waals surface area contributed by atoms with Crippen molar-refractivity contribution in [2.24, 2.45) is 4.99 Å². The number of hydrogen-bond donors (Lipinski definition) is 0. The van der Waals surface area contributed by atoms with Crippen molar-refractivity contribution in [3.05, 3.63) is 71.8 Å². The Morgan fingerprint density at radius 1 is 1.39 bits per heavy atom. The molecular formula is C17H21N. The van der Waals surface area contributed by atoms with Crippen LogP contribution in [0.2, 0.25) is 0 Å². The molecule has 0 spiro atoms. The summed E-state index contributed by atoms with van der Waals surface area (Å²) in [7, 11) is 1.81. The zero-order chi connectivity index (χ0) is 13.5. The lowest BCUT2D eigenvalue weighted by atomic mass is 9.95. The molecule has 0 saturated heterocycles. The van der Waals surface area contributed by atoms with Crippen molar-refractivity contribution in [3.8, 4) is 0 Å². The molecule has 0 aliphatic rings. The maximum absolute atomic E-state index is 4.38. The standard InChI is InChI=1S/C17H21N/c1-6-8-9-14(4)17(18-5)16-11-10-13(3)12-15(16)7-2/h6,8-12H,1,4,7H2,2-3,5H3/b9-8-,18-17?. The van der Waals surface area contributed by atoms with Gasteiger partial charge in [0.05, 0.1) is 5.71 Å². The van der Waals surface area contributed by atoms with E-state index in [1.54, 1.807) is 6.08 Å². The molecule has 0 aliphatic carbocycles. The van der Waals surface area contributed by atoms with Gasteiger partial charge in [0.25, 0.3) is 0 Å². The number of nitrogens with zero attached hydrogens (tertiary/aromatic N) is 1. The van der Waals surface area contributed by atoms with E-state index in [-0.39, 0.29) is 0 Å². The Morgan fingerprint density at radius 3 is 2.67 bits per heavy atom. The van der Waals surface area contributed by atoms with E-state index in [9.17, 15) is 0 Å². The van der Waals surface area contributed by atoms with Gasteiger partial charge in [0.1, 0.15) is 0 Å². The van der Waals surface area contributed by atoms with Gasteiger partial charge in [-0.15, -0.1) is 0 Å². The van der Waals surface area contributed by atoms with Gasteiger partial charge in [-0.25, -0.2) is 0 Å². The molecule has 1 heteroatoms. The van der Waals surface area contributed by atoms with Gasteiger partial charge in [0.2, 0.25) is 0 Å². The summed E-state index contributed by atoms with van der Waals surface area (Å²) in [6.07, 6.45) is 6.56. The summed E-state index contributed by atoms with van der Waals surface area (Å²) in [5.41, 5.74) is 5.62. The van der Waals surface area contributed by atoms with Crippen molar-refractivity contribution in [2.75, 3.05) is 7.05 Å². The maximum atomic E-state index is 4.38. The Morgan fingerprint density at radius 2 is 2.11 bits per heavy atom. The summed E-state index contributed by atoms with van der Waals surface area (Å²) in [5.74, 6) is 0. The zero-order valence-corrected chi connectivity index (χ0v) is 11.5. The molecular weight excluding hydrogens is 218 g/mol. The smallest absolute Gasteiger partial charge is 0.0712 e. The fourth-order valence-electron chi connectivity index (χ4n) is 1.95. The number of allylic oxidation sites excluding steroid dienone is 4. The average Bonchev–Trinajstić information content (AvgIpc) is 2.38. The summed E-state index contributed by atoms with van der Waals surface area (Å²) in [4.78, 5) is 4.38. The molecule has 0 fully saturated rings. The number of rotatable bonds is 5. The molecule has 0 atom stereocenters. The molecule has 0 N–H and O–H groups in total. The first kappa shape index (κ1) is 14.2. The normalized spacial score (nSPS) is 11.8. The van der Waals surface area contributed by atoms with Gasteiger partial charge >= 0.3 is 0 Å². The molecule has 0 aliphatic heterocycles. The minimum atomic E-state index is 0.913. The molecule has 1 aromatic rings. The van der Waals surface area contributed by atoms with Crippen LogP contribution in [0.15, 0.2) is 60.2 Å². The van der Waals surface area contributed by atoms with E-state index in [0.717, 1.165) is 17.7 Å². The molecule has 0 unspecified atom stereocenters. The lowest BCUT2D eigenvalue weighted by Crippen LogP contribution is -2.06. The summed E-state index contributed by atoms with van der Waals surface area (Å²) in [6, 6.07) is 6.46. The Balaban J connectivity index is 3.22. The second-order valence-electron chi connectivity index (χ2n) is 4.21. The van der Waals surface area contributed by atoms with Crippen LogP contribution < -0.4 is 0 Å². The summed E-state index contributed by atoms with van der Waals surface area (Å²) >= 11 is 0. The highest BCUT2D eigenvalue weighted by atomic mass is 14.7. The van der Waals surface area contributed by atoms with Gasteiger partial charge in [-0.2, -0.15) is 0 Å². The van der Waals surface area contributed by atoms with E-state index in [2.05, 4.69) is 50.2 Å². The second-order valence-corrected chi connectivity index (χ2v) is 4.21. The molecule has 0 bridgehead atoms. The van der Waals surface area contributed by atoms with E-state index in [1.807, 2.05) is 19.2 Å². The first-order valence-corrected chi connectivity index (χ1v) is 6.19. The van der Waals surface area contributed by atoms with E-state index < -0.39 is 0 Å². The molecule has 1 rings (SSSR count). The number of aliphatic imine (C=N–C) groups is 1. The molecule has 94 valence electrons. The zero-order valence-electron chi connectivity index (χ0n) is 11.5. The van der Waals surface area contributed by atoms with E-state index in [0.29, 0.717) is 0 Å². The highest BCUT2D eigenvalue weighted by molar-refractivity contribution is 6.14. The fraction of sp³-hybridized carbons (Fsp3) is 0.235. The Kier molecular flexibility index (Phi) is 5.31. The van der Waals surface area contributed by atoms with Crippen molar-refractivity contribution in [2.45, 2.75) is 20.3 Å². The predicted molar refractivity (Wildman–Crippen MR) is 81.5 cm³/mol. The van der Waals surface area contributed by atoms with Crippen LogP contribution in [0.1, 0.15) is 23.6 Å². The topological polar surface area (TPSA) is 12.4 Å². The largest absolute Gasteiger partial charge is 0.287 e. The van der Waals surface area contributed by atoms with Crippen molar-refractivity contribution < 1.29 is 0 Å². The fourth-order valence-corrected chi connectivity index (χ4v) is 1.95. The quantitative estimate of drug-likeness (QED) is 0.537. The van der Waals surface area contributed by atoms with Crippen molar-refractivity contribution in [1.82, 2.24) is 0 Å². The summed E-state index contributed by atoms with van der Waals surface area (Å²) < 4.78 is 0. The predicted octanol–water partition coefficient (Wildman–Crippen LogP) is 4.27. The van der Waals surface area contributed by atoms with Crippen LogP contribution in [0.4, 0.5) is 0 Å². The Hall–Kier alpha value is -1.89. The minimum absolute atomic E-state index is 0.913. The van der Waals surface area contributed by atoms with Crippen LogP contribution >= 0.6 is 0 Å². The SMILES string of the molecule is C=C/C=C\C(=C)C(=NC)c1ccc(C)cc1CC. The molecule has 0 amide bonds. The third kappa shape index (κ3) is 3.30. The van der Waals surface area contributed by atoms with Crippen LogP contribution in [0.3, 0.4) is 0 Å². The van der Waals surface area contributed by atoms with Crippen LogP contribution in [-0.4, -0.2) is 12.8 Å². The number of hydrogen-bond acceptors (Lipinski definition) is 1. The highest BCUT2D eigenvalue weighted by Gasteiger charge is 2.09. The Bertz CT molecular complexity index is 504. The number of benzene rings is 1. The third-order valence-corrected chi connectivity index (χ3v) is 2.86. The molecule has 0 heterocycles. The molecule has 1 aromatic carbocycles.